The first-order valence-corrected chi connectivity index (χ1v) is 9.30. The number of fused-ring (bicyclic) bond motifs is 1. The van der Waals surface area contributed by atoms with Crippen molar-refractivity contribution in [2.24, 2.45) is 5.92 Å². The van der Waals surface area contributed by atoms with E-state index in [1.54, 1.807) is 12.4 Å². The molecule has 1 fully saturated rings. The van der Waals surface area contributed by atoms with Crippen LogP contribution in [0.3, 0.4) is 0 Å². The van der Waals surface area contributed by atoms with Crippen molar-refractivity contribution in [3.05, 3.63) is 35.4 Å². The number of aryl methyl sites for hydroxylation is 1. The lowest BCUT2D eigenvalue weighted by atomic mass is 9.83. The summed E-state index contributed by atoms with van der Waals surface area (Å²) in [6.07, 6.45) is 9.24. The Labute approximate surface area is 156 Å². The van der Waals surface area contributed by atoms with Crippen LogP contribution in [0.4, 0.5) is 0 Å². The van der Waals surface area contributed by atoms with Crippen LogP contribution >= 0.6 is 0 Å². The first kappa shape index (κ1) is 16.2. The molecule has 0 spiro atoms. The molecule has 2 aliphatic rings. The first-order chi connectivity index (χ1) is 13.2. The zero-order valence-electron chi connectivity index (χ0n) is 15.1. The Balaban J connectivity index is 1.47. The molecule has 3 aromatic heterocycles. The Morgan fingerprint density at radius 2 is 2.22 bits per heavy atom. The molecule has 138 valence electrons. The molecule has 1 aliphatic heterocycles. The summed E-state index contributed by atoms with van der Waals surface area (Å²) in [5, 5.41) is 10.8. The van der Waals surface area contributed by atoms with Gasteiger partial charge in [-0.2, -0.15) is 10.1 Å². The Hall–Kier alpha value is -3.03. The van der Waals surface area contributed by atoms with E-state index >= 15 is 0 Å². The molecule has 0 radical (unpaired) electrons. The molecule has 1 N–H and O–H groups in total. The van der Waals surface area contributed by atoms with Gasteiger partial charge in [-0.15, -0.1) is 0 Å². The van der Waals surface area contributed by atoms with Gasteiger partial charge < -0.3 is 9.42 Å². The molecule has 0 bridgehead atoms. The summed E-state index contributed by atoms with van der Waals surface area (Å²) >= 11 is 0. The number of rotatable bonds is 3. The van der Waals surface area contributed by atoms with E-state index in [-0.39, 0.29) is 11.8 Å². The highest BCUT2D eigenvalue weighted by atomic mass is 16.5. The molecule has 3 aromatic rings. The predicted molar refractivity (Wildman–Crippen MR) is 96.3 cm³/mol. The van der Waals surface area contributed by atoms with E-state index in [2.05, 4.69) is 25.3 Å². The second-order valence-electron chi connectivity index (χ2n) is 7.27. The van der Waals surface area contributed by atoms with Crippen LogP contribution in [-0.4, -0.2) is 42.7 Å². The van der Waals surface area contributed by atoms with Crippen molar-refractivity contribution in [2.45, 2.75) is 39.2 Å². The van der Waals surface area contributed by atoms with Crippen molar-refractivity contribution in [1.29, 1.82) is 0 Å². The first-order valence-electron chi connectivity index (χ1n) is 9.30. The SMILES string of the molecule is Cc1ncc2c(c1-c1noc(-c3cn[nH]c3)n1)CCN(C(=O)C1CCC1)C2. The molecule has 1 amide bonds. The Morgan fingerprint density at radius 3 is 2.96 bits per heavy atom. The van der Waals surface area contributed by atoms with Crippen LogP contribution in [0.5, 0.6) is 0 Å². The predicted octanol–water partition coefficient (Wildman–Crippen LogP) is 2.51. The molecule has 0 unspecified atom stereocenters. The van der Waals surface area contributed by atoms with Crippen molar-refractivity contribution >= 4 is 5.91 Å². The lowest BCUT2D eigenvalue weighted by Crippen LogP contribution is -2.42. The molecule has 8 nitrogen and oxygen atoms in total. The molecule has 27 heavy (non-hydrogen) atoms. The highest BCUT2D eigenvalue weighted by molar-refractivity contribution is 5.80. The molecular weight excluding hydrogens is 344 g/mol. The molecule has 4 heterocycles. The maximum atomic E-state index is 12.6. The van der Waals surface area contributed by atoms with E-state index in [1.807, 2.05) is 18.0 Å². The van der Waals surface area contributed by atoms with E-state index in [4.69, 9.17) is 4.52 Å². The monoisotopic (exact) mass is 364 g/mol. The van der Waals surface area contributed by atoms with Crippen LogP contribution in [0.25, 0.3) is 22.8 Å². The van der Waals surface area contributed by atoms with Crippen LogP contribution in [0.2, 0.25) is 0 Å². The van der Waals surface area contributed by atoms with E-state index < -0.39 is 0 Å². The van der Waals surface area contributed by atoms with Gasteiger partial charge in [-0.25, -0.2) is 0 Å². The average Bonchev–Trinajstić information content (AvgIpc) is 3.31. The van der Waals surface area contributed by atoms with Gasteiger partial charge in [0.2, 0.25) is 11.7 Å². The minimum absolute atomic E-state index is 0.221. The summed E-state index contributed by atoms with van der Waals surface area (Å²) in [5.74, 6) is 1.47. The maximum Gasteiger partial charge on any atom is 0.261 e. The van der Waals surface area contributed by atoms with Crippen molar-refractivity contribution in [3.8, 4) is 22.8 Å². The molecule has 5 rings (SSSR count). The highest BCUT2D eigenvalue weighted by Gasteiger charge is 2.32. The fraction of sp³-hybridized carbons (Fsp3) is 0.421. The summed E-state index contributed by atoms with van der Waals surface area (Å²) in [5.41, 5.74) is 4.78. The number of hydrogen-bond acceptors (Lipinski definition) is 6. The minimum atomic E-state index is 0.221. The van der Waals surface area contributed by atoms with Gasteiger partial charge in [0.1, 0.15) is 0 Å². The smallest absolute Gasteiger partial charge is 0.261 e. The van der Waals surface area contributed by atoms with E-state index in [0.29, 0.717) is 18.3 Å². The van der Waals surface area contributed by atoms with Gasteiger partial charge in [-0.1, -0.05) is 11.6 Å². The Morgan fingerprint density at radius 1 is 1.33 bits per heavy atom. The van der Waals surface area contributed by atoms with E-state index in [1.165, 1.54) is 12.0 Å². The molecule has 8 heteroatoms. The fourth-order valence-corrected chi connectivity index (χ4v) is 3.86. The fourth-order valence-electron chi connectivity index (χ4n) is 3.86. The topological polar surface area (TPSA) is 101 Å². The normalized spacial score (nSPS) is 16.9. The molecule has 0 atom stereocenters. The Kier molecular flexibility index (Phi) is 3.77. The summed E-state index contributed by atoms with van der Waals surface area (Å²) in [6, 6.07) is 0. The maximum absolute atomic E-state index is 12.6. The second kappa shape index (κ2) is 6.29. The van der Waals surface area contributed by atoms with Gasteiger partial charge in [0.25, 0.3) is 5.89 Å². The molecule has 1 saturated carbocycles. The largest absolute Gasteiger partial charge is 0.338 e. The standard InChI is InChI=1S/C19H20N6O2/c1-11-16(17-23-18(27-24-17)13-8-21-22-9-13)15-5-6-25(10-14(15)7-20-11)19(26)12-3-2-4-12/h7-9,12H,2-6,10H2,1H3,(H,21,22). The molecular formula is C19H20N6O2. The number of carbonyl (C=O) groups is 1. The molecule has 0 saturated heterocycles. The van der Waals surface area contributed by atoms with E-state index in [9.17, 15) is 4.79 Å². The van der Waals surface area contributed by atoms with Crippen molar-refractivity contribution in [2.75, 3.05) is 6.54 Å². The summed E-state index contributed by atoms with van der Waals surface area (Å²) in [4.78, 5) is 23.6. The van der Waals surface area contributed by atoms with Gasteiger partial charge in [0, 0.05) is 42.7 Å². The van der Waals surface area contributed by atoms with Crippen molar-refractivity contribution in [3.63, 3.8) is 0 Å². The third-order valence-corrected chi connectivity index (χ3v) is 5.62. The second-order valence-corrected chi connectivity index (χ2v) is 7.27. The van der Waals surface area contributed by atoms with Crippen molar-refractivity contribution in [1.82, 2.24) is 30.2 Å². The number of hydrogen-bond donors (Lipinski definition) is 1. The van der Waals surface area contributed by atoms with Gasteiger partial charge in [-0.05, 0) is 37.3 Å². The van der Waals surface area contributed by atoms with Crippen LogP contribution < -0.4 is 0 Å². The number of aromatic nitrogens is 5. The number of nitrogens with one attached hydrogen (secondary N) is 1. The number of amides is 1. The number of nitrogens with zero attached hydrogens (tertiary/aromatic N) is 5. The summed E-state index contributed by atoms with van der Waals surface area (Å²) in [7, 11) is 0. The van der Waals surface area contributed by atoms with E-state index in [0.717, 1.165) is 48.2 Å². The molecule has 0 aromatic carbocycles. The van der Waals surface area contributed by atoms with Crippen LogP contribution in [-0.2, 0) is 17.8 Å². The number of H-pyrrole nitrogens is 1. The quantitative estimate of drug-likeness (QED) is 0.766. The average molecular weight is 364 g/mol. The zero-order chi connectivity index (χ0) is 18.4. The van der Waals surface area contributed by atoms with Gasteiger partial charge in [0.05, 0.1) is 11.8 Å². The number of aromatic amines is 1. The summed E-state index contributed by atoms with van der Waals surface area (Å²) < 4.78 is 5.41. The number of carbonyl (C=O) groups excluding carboxylic acids is 1. The van der Waals surface area contributed by atoms with Crippen molar-refractivity contribution < 1.29 is 9.32 Å². The lowest BCUT2D eigenvalue weighted by molar-refractivity contribution is -0.139. The zero-order valence-corrected chi connectivity index (χ0v) is 15.1. The minimum Gasteiger partial charge on any atom is -0.338 e. The van der Waals surface area contributed by atoms with Crippen LogP contribution in [0, 0.1) is 12.8 Å². The molecule has 1 aliphatic carbocycles. The Bertz CT molecular complexity index is 990. The van der Waals surface area contributed by atoms with Gasteiger partial charge >= 0.3 is 0 Å². The highest BCUT2D eigenvalue weighted by Crippen LogP contribution is 2.34. The number of pyridine rings is 1. The third-order valence-electron chi connectivity index (χ3n) is 5.62. The van der Waals surface area contributed by atoms with Crippen LogP contribution in [0.15, 0.2) is 23.1 Å². The summed E-state index contributed by atoms with van der Waals surface area (Å²) in [6.45, 7) is 3.29. The lowest BCUT2D eigenvalue weighted by Gasteiger charge is -2.35. The van der Waals surface area contributed by atoms with Crippen LogP contribution in [0.1, 0.15) is 36.1 Å². The third kappa shape index (κ3) is 2.72. The van der Waals surface area contributed by atoms with Gasteiger partial charge in [-0.3, -0.25) is 14.9 Å². The van der Waals surface area contributed by atoms with Gasteiger partial charge in [0.15, 0.2) is 0 Å².